The third-order valence-electron chi connectivity index (χ3n) is 3.75. The van der Waals surface area contributed by atoms with Crippen LogP contribution >= 0.6 is 0 Å². The van der Waals surface area contributed by atoms with E-state index in [-0.39, 0.29) is 29.8 Å². The standard InChI is InChI=1S/C15H28N2O2/c1-11(2)16-15(19)13(4)17-9-7-5-6-8-14(17)10-12(3)18/h11,13-14H,5-10H2,1-4H3,(H,16,19). The molecule has 0 aliphatic carbocycles. The van der Waals surface area contributed by atoms with E-state index in [1.54, 1.807) is 6.92 Å². The summed E-state index contributed by atoms with van der Waals surface area (Å²) >= 11 is 0. The van der Waals surface area contributed by atoms with Crippen molar-refractivity contribution in [3.63, 3.8) is 0 Å². The number of amides is 1. The molecule has 1 heterocycles. The summed E-state index contributed by atoms with van der Waals surface area (Å²) in [6, 6.07) is 0.242. The minimum absolute atomic E-state index is 0.0745. The van der Waals surface area contributed by atoms with E-state index in [2.05, 4.69) is 10.2 Å². The Morgan fingerprint density at radius 1 is 1.21 bits per heavy atom. The molecule has 0 saturated carbocycles. The molecule has 4 heteroatoms. The molecular weight excluding hydrogens is 240 g/mol. The predicted molar refractivity (Wildman–Crippen MR) is 77.0 cm³/mol. The molecule has 0 bridgehead atoms. The second-order valence-electron chi connectivity index (χ2n) is 5.99. The first-order valence-electron chi connectivity index (χ1n) is 7.47. The van der Waals surface area contributed by atoms with E-state index in [0.717, 1.165) is 25.8 Å². The first kappa shape index (κ1) is 16.2. The fourth-order valence-electron chi connectivity index (χ4n) is 2.82. The smallest absolute Gasteiger partial charge is 0.237 e. The Kier molecular flexibility index (Phi) is 6.49. The molecule has 2 atom stereocenters. The molecule has 0 spiro atoms. The van der Waals surface area contributed by atoms with Gasteiger partial charge in [0.05, 0.1) is 6.04 Å². The third-order valence-corrected chi connectivity index (χ3v) is 3.75. The van der Waals surface area contributed by atoms with E-state index in [1.165, 1.54) is 6.42 Å². The van der Waals surface area contributed by atoms with Crippen molar-refractivity contribution >= 4 is 11.7 Å². The van der Waals surface area contributed by atoms with E-state index in [9.17, 15) is 9.59 Å². The quantitative estimate of drug-likeness (QED) is 0.831. The van der Waals surface area contributed by atoms with Gasteiger partial charge in [0.25, 0.3) is 0 Å². The number of hydrogen-bond acceptors (Lipinski definition) is 3. The molecule has 1 aliphatic rings. The maximum absolute atomic E-state index is 12.2. The number of nitrogens with zero attached hydrogens (tertiary/aromatic N) is 1. The van der Waals surface area contributed by atoms with Crippen LogP contribution in [-0.2, 0) is 9.59 Å². The number of carbonyl (C=O) groups excluding carboxylic acids is 2. The van der Waals surface area contributed by atoms with Gasteiger partial charge in [0.1, 0.15) is 5.78 Å². The van der Waals surface area contributed by atoms with Crippen LogP contribution in [0.1, 0.15) is 59.8 Å². The third kappa shape index (κ3) is 5.31. The van der Waals surface area contributed by atoms with Crippen LogP contribution < -0.4 is 5.32 Å². The number of likely N-dealkylation sites (tertiary alicyclic amines) is 1. The Bertz CT molecular complexity index is 315. The maximum Gasteiger partial charge on any atom is 0.237 e. The molecule has 19 heavy (non-hydrogen) atoms. The van der Waals surface area contributed by atoms with Crippen molar-refractivity contribution in [2.45, 2.75) is 77.9 Å². The van der Waals surface area contributed by atoms with Gasteiger partial charge in [0, 0.05) is 18.5 Å². The maximum atomic E-state index is 12.2. The molecule has 0 aromatic rings. The molecule has 1 rings (SSSR count). The molecule has 0 radical (unpaired) electrons. The predicted octanol–water partition coefficient (Wildman–Crippen LogP) is 2.12. The minimum atomic E-state index is -0.148. The lowest BCUT2D eigenvalue weighted by Crippen LogP contribution is -2.51. The number of ketones is 1. The molecule has 1 N–H and O–H groups in total. The lowest BCUT2D eigenvalue weighted by atomic mass is 10.0. The first-order chi connectivity index (χ1) is 8.91. The highest BCUT2D eigenvalue weighted by Gasteiger charge is 2.29. The van der Waals surface area contributed by atoms with Crippen molar-refractivity contribution in [1.29, 1.82) is 0 Å². The van der Waals surface area contributed by atoms with Gasteiger partial charge in [0.15, 0.2) is 0 Å². The van der Waals surface area contributed by atoms with Crippen LogP contribution in [0.2, 0.25) is 0 Å². The Labute approximate surface area is 116 Å². The highest BCUT2D eigenvalue weighted by Crippen LogP contribution is 2.22. The van der Waals surface area contributed by atoms with Gasteiger partial charge in [-0.05, 0) is 47.1 Å². The summed E-state index contributed by atoms with van der Waals surface area (Å²) in [7, 11) is 0. The Morgan fingerprint density at radius 2 is 1.89 bits per heavy atom. The Balaban J connectivity index is 2.72. The van der Waals surface area contributed by atoms with Crippen molar-refractivity contribution in [3.8, 4) is 0 Å². The molecular formula is C15H28N2O2. The van der Waals surface area contributed by atoms with Gasteiger partial charge in [-0.2, -0.15) is 0 Å². The molecule has 1 fully saturated rings. The van der Waals surface area contributed by atoms with Crippen LogP contribution in [0.25, 0.3) is 0 Å². The summed E-state index contributed by atoms with van der Waals surface area (Å²) in [4.78, 5) is 25.8. The fraction of sp³-hybridized carbons (Fsp3) is 0.867. The zero-order chi connectivity index (χ0) is 14.4. The first-order valence-corrected chi connectivity index (χ1v) is 7.47. The summed E-state index contributed by atoms with van der Waals surface area (Å²) in [6.07, 6.45) is 5.07. The van der Waals surface area contributed by atoms with E-state index in [4.69, 9.17) is 0 Å². The summed E-state index contributed by atoms with van der Waals surface area (Å²) in [6.45, 7) is 8.46. The van der Waals surface area contributed by atoms with E-state index >= 15 is 0 Å². The van der Waals surface area contributed by atoms with Gasteiger partial charge in [-0.1, -0.05) is 12.8 Å². The van der Waals surface area contributed by atoms with Gasteiger partial charge in [-0.3, -0.25) is 14.5 Å². The van der Waals surface area contributed by atoms with Crippen LogP contribution in [0.4, 0.5) is 0 Å². The SMILES string of the molecule is CC(=O)CC1CCCCCN1C(C)C(=O)NC(C)C. The van der Waals surface area contributed by atoms with Crippen molar-refractivity contribution in [1.82, 2.24) is 10.2 Å². The zero-order valence-corrected chi connectivity index (χ0v) is 12.7. The summed E-state index contributed by atoms with van der Waals surface area (Å²) in [5.74, 6) is 0.291. The Hall–Kier alpha value is -0.900. The topological polar surface area (TPSA) is 49.4 Å². The van der Waals surface area contributed by atoms with Crippen molar-refractivity contribution in [2.24, 2.45) is 0 Å². The van der Waals surface area contributed by atoms with E-state index in [1.807, 2.05) is 20.8 Å². The minimum Gasteiger partial charge on any atom is -0.353 e. The number of nitrogens with one attached hydrogen (secondary N) is 1. The molecule has 2 unspecified atom stereocenters. The van der Waals surface area contributed by atoms with Crippen molar-refractivity contribution in [2.75, 3.05) is 6.54 Å². The second-order valence-corrected chi connectivity index (χ2v) is 5.99. The summed E-state index contributed by atoms with van der Waals surface area (Å²) in [5, 5.41) is 2.97. The summed E-state index contributed by atoms with van der Waals surface area (Å²) < 4.78 is 0. The van der Waals surface area contributed by atoms with Crippen LogP contribution in [0.15, 0.2) is 0 Å². The molecule has 110 valence electrons. The van der Waals surface area contributed by atoms with Crippen LogP contribution in [0.3, 0.4) is 0 Å². The monoisotopic (exact) mass is 268 g/mol. The number of rotatable bonds is 5. The average Bonchev–Trinajstić information content (AvgIpc) is 2.52. The molecule has 1 saturated heterocycles. The van der Waals surface area contributed by atoms with Gasteiger partial charge < -0.3 is 5.32 Å². The van der Waals surface area contributed by atoms with Gasteiger partial charge in [-0.25, -0.2) is 0 Å². The molecule has 0 aromatic carbocycles. The van der Waals surface area contributed by atoms with Gasteiger partial charge >= 0.3 is 0 Å². The highest BCUT2D eigenvalue weighted by molar-refractivity contribution is 5.82. The van der Waals surface area contributed by atoms with Gasteiger partial charge in [-0.15, -0.1) is 0 Å². The number of hydrogen-bond donors (Lipinski definition) is 1. The normalized spacial score (nSPS) is 22.9. The molecule has 1 amide bonds. The zero-order valence-electron chi connectivity index (χ0n) is 12.7. The summed E-state index contributed by atoms with van der Waals surface area (Å²) in [5.41, 5.74) is 0. The lowest BCUT2D eigenvalue weighted by Gasteiger charge is -2.34. The van der Waals surface area contributed by atoms with Crippen molar-refractivity contribution < 1.29 is 9.59 Å². The van der Waals surface area contributed by atoms with Crippen LogP contribution in [-0.4, -0.2) is 41.3 Å². The number of Topliss-reactive ketones (excluding diaryl/α,β-unsaturated/α-hetero) is 1. The van der Waals surface area contributed by atoms with E-state index in [0.29, 0.717) is 6.42 Å². The molecule has 4 nitrogen and oxygen atoms in total. The number of carbonyl (C=O) groups is 2. The Morgan fingerprint density at radius 3 is 2.47 bits per heavy atom. The van der Waals surface area contributed by atoms with Crippen molar-refractivity contribution in [3.05, 3.63) is 0 Å². The molecule has 0 aromatic heterocycles. The molecule has 1 aliphatic heterocycles. The largest absolute Gasteiger partial charge is 0.353 e. The lowest BCUT2D eigenvalue weighted by molar-refractivity contribution is -0.128. The average molecular weight is 268 g/mol. The second kappa shape index (κ2) is 7.63. The fourth-order valence-corrected chi connectivity index (χ4v) is 2.82. The van der Waals surface area contributed by atoms with E-state index < -0.39 is 0 Å². The van der Waals surface area contributed by atoms with Crippen LogP contribution in [0.5, 0.6) is 0 Å². The van der Waals surface area contributed by atoms with Gasteiger partial charge in [0.2, 0.25) is 5.91 Å². The highest BCUT2D eigenvalue weighted by atomic mass is 16.2. The van der Waals surface area contributed by atoms with Crippen LogP contribution in [0, 0.1) is 0 Å².